The molecule has 0 atom stereocenters. The Labute approximate surface area is 138 Å². The largest absolute Gasteiger partial charge is 0.494 e. The summed E-state index contributed by atoms with van der Waals surface area (Å²) >= 11 is 0. The maximum Gasteiger partial charge on any atom is 0.405 e. The summed E-state index contributed by atoms with van der Waals surface area (Å²) in [6.45, 7) is 0.742. The van der Waals surface area contributed by atoms with Crippen LogP contribution in [0.2, 0.25) is 0 Å². The quantitative estimate of drug-likeness (QED) is 0.676. The first kappa shape index (κ1) is 19.8. The summed E-state index contributed by atoms with van der Waals surface area (Å²) in [5, 5.41) is 3.93. The number of benzene rings is 1. The van der Waals surface area contributed by atoms with Crippen molar-refractivity contribution in [2.24, 2.45) is 0 Å². The zero-order valence-electron chi connectivity index (χ0n) is 13.4. The van der Waals surface area contributed by atoms with Gasteiger partial charge in [-0.2, -0.15) is 13.2 Å². The Hall–Kier alpha value is -2.25. The van der Waals surface area contributed by atoms with Gasteiger partial charge >= 0.3 is 6.18 Å². The van der Waals surface area contributed by atoms with Gasteiger partial charge in [0.25, 0.3) is 5.91 Å². The molecule has 1 rings (SSSR count). The third-order valence-corrected chi connectivity index (χ3v) is 3.03. The number of unbranched alkanes of at least 4 members (excludes halogenated alkanes) is 2. The number of hydrogen-bond acceptors (Lipinski definition) is 3. The van der Waals surface area contributed by atoms with Crippen LogP contribution < -0.4 is 15.4 Å². The lowest BCUT2D eigenvalue weighted by Gasteiger charge is -2.09. The number of halogens is 3. The highest BCUT2D eigenvalue weighted by Gasteiger charge is 2.27. The van der Waals surface area contributed by atoms with E-state index in [1.807, 2.05) is 0 Å². The van der Waals surface area contributed by atoms with Crippen LogP contribution in [0, 0.1) is 0 Å². The Morgan fingerprint density at radius 3 is 2.33 bits per heavy atom. The zero-order chi connectivity index (χ0) is 18.0. The van der Waals surface area contributed by atoms with E-state index >= 15 is 0 Å². The molecule has 1 aromatic carbocycles. The molecular formula is C16H21F3N2O3. The Balaban J connectivity index is 2.35. The maximum absolute atomic E-state index is 11.9. The Bertz CT molecular complexity index is 530. The molecule has 5 nitrogen and oxygen atoms in total. The molecule has 2 amide bonds. The van der Waals surface area contributed by atoms with Crippen molar-refractivity contribution in [2.45, 2.75) is 32.4 Å². The molecule has 0 bridgehead atoms. The Morgan fingerprint density at radius 1 is 1.08 bits per heavy atom. The van der Waals surface area contributed by atoms with Crippen LogP contribution in [0.1, 0.15) is 36.5 Å². The van der Waals surface area contributed by atoms with Gasteiger partial charge in [-0.05, 0) is 30.7 Å². The summed E-state index contributed by atoms with van der Waals surface area (Å²) < 4.78 is 41.3. The van der Waals surface area contributed by atoms with Gasteiger partial charge < -0.3 is 15.4 Å². The van der Waals surface area contributed by atoms with E-state index in [2.05, 4.69) is 12.2 Å². The summed E-state index contributed by atoms with van der Waals surface area (Å²) in [5.74, 6) is -0.822. The fourth-order valence-electron chi connectivity index (χ4n) is 1.77. The van der Waals surface area contributed by atoms with Gasteiger partial charge in [-0.3, -0.25) is 9.59 Å². The fraction of sp³-hybridized carbons (Fsp3) is 0.500. The van der Waals surface area contributed by atoms with Crippen LogP contribution in [0.25, 0.3) is 0 Å². The van der Waals surface area contributed by atoms with E-state index in [-0.39, 0.29) is 0 Å². The van der Waals surface area contributed by atoms with Gasteiger partial charge in [0.1, 0.15) is 12.3 Å². The molecule has 0 saturated heterocycles. The SMILES string of the molecule is CCCCCOc1ccc(C(=O)NCC(=O)NCC(F)(F)F)cc1. The van der Waals surface area contributed by atoms with Gasteiger partial charge in [0.05, 0.1) is 13.2 Å². The molecule has 134 valence electrons. The monoisotopic (exact) mass is 346 g/mol. The van der Waals surface area contributed by atoms with E-state index in [0.717, 1.165) is 19.3 Å². The van der Waals surface area contributed by atoms with Crippen molar-refractivity contribution < 1.29 is 27.5 Å². The van der Waals surface area contributed by atoms with Crippen molar-refractivity contribution in [1.82, 2.24) is 10.6 Å². The Morgan fingerprint density at radius 2 is 1.75 bits per heavy atom. The standard InChI is InChI=1S/C16H21F3N2O3/c1-2-3-4-9-24-13-7-5-12(6-8-13)15(23)20-10-14(22)21-11-16(17,18)19/h5-8H,2-4,9-11H2,1H3,(H,20,23)(H,21,22). The number of ether oxygens (including phenoxy) is 1. The summed E-state index contributed by atoms with van der Waals surface area (Å²) in [4.78, 5) is 23.0. The van der Waals surface area contributed by atoms with Gasteiger partial charge in [-0.15, -0.1) is 0 Å². The lowest BCUT2D eigenvalue weighted by Crippen LogP contribution is -2.40. The lowest BCUT2D eigenvalue weighted by molar-refractivity contribution is -0.137. The number of amides is 2. The van der Waals surface area contributed by atoms with Crippen molar-refractivity contribution in [3.63, 3.8) is 0 Å². The van der Waals surface area contributed by atoms with Crippen molar-refractivity contribution in [2.75, 3.05) is 19.7 Å². The second-order valence-electron chi connectivity index (χ2n) is 5.15. The van der Waals surface area contributed by atoms with E-state index in [9.17, 15) is 22.8 Å². The van der Waals surface area contributed by atoms with E-state index in [1.54, 1.807) is 17.4 Å². The summed E-state index contributed by atoms with van der Waals surface area (Å²) in [6, 6.07) is 6.31. The van der Waals surface area contributed by atoms with Gasteiger partial charge in [-0.1, -0.05) is 19.8 Å². The van der Waals surface area contributed by atoms with E-state index in [1.165, 1.54) is 12.1 Å². The third kappa shape index (κ3) is 8.40. The zero-order valence-corrected chi connectivity index (χ0v) is 13.4. The average Bonchev–Trinajstić information content (AvgIpc) is 2.54. The predicted molar refractivity (Wildman–Crippen MR) is 82.9 cm³/mol. The van der Waals surface area contributed by atoms with Crippen LogP contribution >= 0.6 is 0 Å². The molecule has 0 aliphatic carbocycles. The second-order valence-corrected chi connectivity index (χ2v) is 5.15. The number of nitrogens with one attached hydrogen (secondary N) is 2. The highest BCUT2D eigenvalue weighted by atomic mass is 19.4. The molecule has 0 radical (unpaired) electrons. The normalized spacial score (nSPS) is 11.0. The van der Waals surface area contributed by atoms with E-state index < -0.39 is 31.1 Å². The predicted octanol–water partition coefficient (Wildman–Crippen LogP) is 2.66. The van der Waals surface area contributed by atoms with Crippen molar-refractivity contribution >= 4 is 11.8 Å². The number of rotatable bonds is 9. The smallest absolute Gasteiger partial charge is 0.405 e. The van der Waals surface area contributed by atoms with Crippen LogP contribution in [0.4, 0.5) is 13.2 Å². The van der Waals surface area contributed by atoms with Gasteiger partial charge in [0.15, 0.2) is 0 Å². The lowest BCUT2D eigenvalue weighted by atomic mass is 10.2. The molecule has 0 fully saturated rings. The van der Waals surface area contributed by atoms with E-state index in [4.69, 9.17) is 4.74 Å². The molecule has 0 aliphatic rings. The molecule has 0 saturated carbocycles. The molecule has 0 heterocycles. The second kappa shape index (κ2) is 9.79. The molecule has 0 aromatic heterocycles. The number of alkyl halides is 3. The fourth-order valence-corrected chi connectivity index (χ4v) is 1.77. The minimum atomic E-state index is -4.48. The van der Waals surface area contributed by atoms with E-state index in [0.29, 0.717) is 17.9 Å². The topological polar surface area (TPSA) is 67.4 Å². The van der Waals surface area contributed by atoms with Crippen molar-refractivity contribution in [3.05, 3.63) is 29.8 Å². The maximum atomic E-state index is 11.9. The van der Waals surface area contributed by atoms with Crippen LogP contribution in [0.15, 0.2) is 24.3 Å². The van der Waals surface area contributed by atoms with Gasteiger partial charge in [0, 0.05) is 5.56 Å². The van der Waals surface area contributed by atoms with Crippen molar-refractivity contribution in [3.8, 4) is 5.75 Å². The first-order valence-electron chi connectivity index (χ1n) is 7.66. The van der Waals surface area contributed by atoms with Gasteiger partial charge in [0.2, 0.25) is 5.91 Å². The molecule has 8 heteroatoms. The first-order valence-corrected chi connectivity index (χ1v) is 7.66. The first-order chi connectivity index (χ1) is 11.3. The number of carbonyl (C=O) groups is 2. The molecule has 2 N–H and O–H groups in total. The van der Waals surface area contributed by atoms with Crippen LogP contribution in [0.3, 0.4) is 0 Å². The number of carbonyl (C=O) groups excluding carboxylic acids is 2. The van der Waals surface area contributed by atoms with Crippen LogP contribution in [-0.2, 0) is 4.79 Å². The molecule has 24 heavy (non-hydrogen) atoms. The molecule has 1 aromatic rings. The Kier molecular flexibility index (Phi) is 8.08. The highest BCUT2D eigenvalue weighted by molar-refractivity contribution is 5.96. The van der Waals surface area contributed by atoms with Crippen LogP contribution in [-0.4, -0.2) is 37.7 Å². The number of hydrogen-bond donors (Lipinski definition) is 2. The van der Waals surface area contributed by atoms with Crippen molar-refractivity contribution in [1.29, 1.82) is 0 Å². The van der Waals surface area contributed by atoms with Gasteiger partial charge in [-0.25, -0.2) is 0 Å². The third-order valence-electron chi connectivity index (χ3n) is 3.03. The summed E-state index contributed by atoms with van der Waals surface area (Å²) in [7, 11) is 0. The molecule has 0 spiro atoms. The minimum absolute atomic E-state index is 0.291. The minimum Gasteiger partial charge on any atom is -0.494 e. The van der Waals surface area contributed by atoms with Crippen LogP contribution in [0.5, 0.6) is 5.75 Å². The summed E-state index contributed by atoms with van der Waals surface area (Å²) in [6.07, 6.45) is -1.35. The molecule has 0 unspecified atom stereocenters. The average molecular weight is 346 g/mol. The molecular weight excluding hydrogens is 325 g/mol. The summed E-state index contributed by atoms with van der Waals surface area (Å²) in [5.41, 5.74) is 0.291. The highest BCUT2D eigenvalue weighted by Crippen LogP contribution is 2.13. The molecule has 0 aliphatic heterocycles.